The Morgan fingerprint density at radius 3 is 1.67 bits per heavy atom. The SMILES string of the molecule is C#CCCCC(=O)OC(=O)CCCC#C. The van der Waals surface area contributed by atoms with E-state index in [1.54, 1.807) is 0 Å². The maximum atomic E-state index is 11.0. The van der Waals surface area contributed by atoms with E-state index in [0.29, 0.717) is 25.7 Å². The lowest BCUT2D eigenvalue weighted by atomic mass is 10.2. The van der Waals surface area contributed by atoms with Gasteiger partial charge >= 0.3 is 11.9 Å². The first kappa shape index (κ1) is 13.3. The summed E-state index contributed by atoms with van der Waals surface area (Å²) < 4.78 is 4.53. The first-order valence-corrected chi connectivity index (χ1v) is 4.81. The molecule has 0 fully saturated rings. The van der Waals surface area contributed by atoms with E-state index >= 15 is 0 Å². The second-order valence-corrected chi connectivity index (χ2v) is 2.96. The maximum absolute atomic E-state index is 11.0. The number of rotatable bonds is 6. The largest absolute Gasteiger partial charge is 0.393 e. The van der Waals surface area contributed by atoms with Gasteiger partial charge in [0.15, 0.2) is 0 Å². The predicted molar refractivity (Wildman–Crippen MR) is 56.5 cm³/mol. The number of hydrogen-bond donors (Lipinski definition) is 0. The molecule has 0 aliphatic heterocycles. The summed E-state index contributed by atoms with van der Waals surface area (Å²) in [5.74, 6) is 3.77. The van der Waals surface area contributed by atoms with Gasteiger partial charge in [-0.05, 0) is 12.8 Å². The topological polar surface area (TPSA) is 43.4 Å². The lowest BCUT2D eigenvalue weighted by Gasteiger charge is -2.00. The minimum absolute atomic E-state index is 0.186. The molecule has 0 amide bonds. The Bertz CT molecular complexity index is 261. The average Bonchev–Trinajstić information content (AvgIpc) is 2.18. The van der Waals surface area contributed by atoms with Gasteiger partial charge in [0.05, 0.1) is 0 Å². The maximum Gasteiger partial charge on any atom is 0.313 e. The van der Waals surface area contributed by atoms with Crippen molar-refractivity contribution in [2.45, 2.75) is 38.5 Å². The van der Waals surface area contributed by atoms with Gasteiger partial charge in [0.25, 0.3) is 0 Å². The van der Waals surface area contributed by atoms with Crippen molar-refractivity contribution in [3.05, 3.63) is 0 Å². The number of carbonyl (C=O) groups is 2. The molecule has 3 nitrogen and oxygen atoms in total. The fraction of sp³-hybridized carbons (Fsp3) is 0.500. The Balaban J connectivity index is 3.55. The molecule has 0 saturated carbocycles. The van der Waals surface area contributed by atoms with Crippen LogP contribution in [0.15, 0.2) is 0 Å². The summed E-state index contributed by atoms with van der Waals surface area (Å²) >= 11 is 0. The molecule has 0 aromatic carbocycles. The van der Waals surface area contributed by atoms with Crippen molar-refractivity contribution in [3.8, 4) is 24.7 Å². The molecule has 0 heterocycles. The van der Waals surface area contributed by atoms with Crippen molar-refractivity contribution in [1.82, 2.24) is 0 Å². The highest BCUT2D eigenvalue weighted by Gasteiger charge is 2.08. The summed E-state index contributed by atoms with van der Waals surface area (Å²) in [6.07, 6.45) is 12.5. The van der Waals surface area contributed by atoms with E-state index in [0.717, 1.165) is 0 Å². The number of unbranched alkanes of at least 4 members (excludes halogenated alkanes) is 2. The van der Waals surface area contributed by atoms with Crippen LogP contribution in [0.1, 0.15) is 38.5 Å². The van der Waals surface area contributed by atoms with Crippen molar-refractivity contribution in [2.24, 2.45) is 0 Å². The summed E-state index contributed by atoms with van der Waals surface area (Å²) in [6.45, 7) is 0. The molecule has 0 spiro atoms. The van der Waals surface area contributed by atoms with Gasteiger partial charge in [-0.15, -0.1) is 24.7 Å². The lowest BCUT2D eigenvalue weighted by Crippen LogP contribution is -2.11. The molecule has 0 aromatic heterocycles. The number of ether oxygens (including phenoxy) is 1. The zero-order valence-electron chi connectivity index (χ0n) is 8.62. The van der Waals surface area contributed by atoms with Crippen LogP contribution in [-0.4, -0.2) is 11.9 Å². The molecule has 0 aliphatic rings. The Hall–Kier alpha value is -1.74. The number of hydrogen-bond acceptors (Lipinski definition) is 3. The van der Waals surface area contributed by atoms with Crippen LogP contribution in [0.2, 0.25) is 0 Å². The molecule has 0 radical (unpaired) electrons. The number of carbonyl (C=O) groups excluding carboxylic acids is 2. The quantitative estimate of drug-likeness (QED) is 0.287. The Morgan fingerprint density at radius 1 is 0.933 bits per heavy atom. The minimum Gasteiger partial charge on any atom is -0.393 e. The van der Waals surface area contributed by atoms with Crippen molar-refractivity contribution in [3.63, 3.8) is 0 Å². The minimum atomic E-state index is -0.518. The van der Waals surface area contributed by atoms with Crippen LogP contribution < -0.4 is 0 Å². The van der Waals surface area contributed by atoms with Gasteiger partial charge < -0.3 is 4.74 Å². The molecule has 0 N–H and O–H groups in total. The summed E-state index contributed by atoms with van der Waals surface area (Å²) in [5.41, 5.74) is 0. The zero-order valence-corrected chi connectivity index (χ0v) is 8.62. The lowest BCUT2D eigenvalue weighted by molar-refractivity contribution is -0.159. The molecular weight excluding hydrogens is 192 g/mol. The van der Waals surface area contributed by atoms with E-state index in [4.69, 9.17) is 12.8 Å². The Labute approximate surface area is 90.2 Å². The van der Waals surface area contributed by atoms with Crippen molar-refractivity contribution in [1.29, 1.82) is 0 Å². The Kier molecular flexibility index (Phi) is 7.82. The molecule has 15 heavy (non-hydrogen) atoms. The van der Waals surface area contributed by atoms with Gasteiger partial charge in [-0.1, -0.05) is 0 Å². The van der Waals surface area contributed by atoms with Gasteiger partial charge in [0.2, 0.25) is 0 Å². The van der Waals surface area contributed by atoms with Crippen molar-refractivity contribution >= 4 is 11.9 Å². The number of terminal acetylenes is 2. The van der Waals surface area contributed by atoms with E-state index in [9.17, 15) is 9.59 Å². The van der Waals surface area contributed by atoms with Crippen molar-refractivity contribution < 1.29 is 14.3 Å². The van der Waals surface area contributed by atoms with E-state index in [1.165, 1.54) is 0 Å². The Morgan fingerprint density at radius 2 is 1.33 bits per heavy atom. The van der Waals surface area contributed by atoms with Crippen LogP contribution in [0.3, 0.4) is 0 Å². The molecule has 0 aliphatic carbocycles. The molecule has 80 valence electrons. The molecule has 0 bridgehead atoms. The van der Waals surface area contributed by atoms with Crippen LogP contribution in [-0.2, 0) is 14.3 Å². The highest BCUT2D eigenvalue weighted by Crippen LogP contribution is 2.01. The van der Waals surface area contributed by atoms with Gasteiger partial charge in [-0.25, -0.2) is 0 Å². The second kappa shape index (κ2) is 8.84. The van der Waals surface area contributed by atoms with Crippen LogP contribution >= 0.6 is 0 Å². The van der Waals surface area contributed by atoms with Crippen LogP contribution in [0, 0.1) is 24.7 Å². The highest BCUT2D eigenvalue weighted by molar-refractivity contribution is 5.85. The third kappa shape index (κ3) is 8.59. The molecule has 3 heteroatoms. The van der Waals surface area contributed by atoms with Gasteiger partial charge in [-0.3, -0.25) is 9.59 Å². The average molecular weight is 206 g/mol. The highest BCUT2D eigenvalue weighted by atomic mass is 16.6. The van der Waals surface area contributed by atoms with Crippen LogP contribution in [0.4, 0.5) is 0 Å². The number of esters is 2. The summed E-state index contributed by atoms with van der Waals surface area (Å²) in [7, 11) is 0. The van der Waals surface area contributed by atoms with Gasteiger partial charge in [0, 0.05) is 25.7 Å². The van der Waals surface area contributed by atoms with E-state index < -0.39 is 11.9 Å². The monoisotopic (exact) mass is 206 g/mol. The van der Waals surface area contributed by atoms with Gasteiger partial charge in [-0.2, -0.15) is 0 Å². The first-order valence-electron chi connectivity index (χ1n) is 4.81. The molecule has 0 saturated heterocycles. The molecular formula is C12H14O3. The molecule has 0 aromatic rings. The smallest absolute Gasteiger partial charge is 0.313 e. The predicted octanol–water partition coefficient (Wildman–Crippen LogP) is 1.66. The van der Waals surface area contributed by atoms with Crippen LogP contribution in [0.5, 0.6) is 0 Å². The first-order chi connectivity index (χ1) is 7.20. The normalized spacial score (nSPS) is 8.67. The molecule has 0 atom stereocenters. The third-order valence-electron chi connectivity index (χ3n) is 1.63. The fourth-order valence-corrected chi connectivity index (χ4v) is 0.899. The standard InChI is InChI=1S/C12H14O3/c1-3-5-7-9-11(13)15-12(14)10-8-6-4-2/h1-2H,5-10H2. The fourth-order valence-electron chi connectivity index (χ4n) is 0.899. The molecule has 0 unspecified atom stereocenters. The van der Waals surface area contributed by atoms with Crippen LogP contribution in [0.25, 0.3) is 0 Å². The summed E-state index contributed by atoms with van der Waals surface area (Å²) in [6, 6.07) is 0. The van der Waals surface area contributed by atoms with E-state index in [-0.39, 0.29) is 12.8 Å². The van der Waals surface area contributed by atoms with Gasteiger partial charge in [0.1, 0.15) is 0 Å². The van der Waals surface area contributed by atoms with E-state index in [1.807, 2.05) is 0 Å². The third-order valence-corrected chi connectivity index (χ3v) is 1.63. The van der Waals surface area contributed by atoms with E-state index in [2.05, 4.69) is 16.6 Å². The summed E-state index contributed by atoms with van der Waals surface area (Å²) in [4.78, 5) is 22.0. The molecule has 0 rings (SSSR count). The summed E-state index contributed by atoms with van der Waals surface area (Å²) in [5, 5.41) is 0. The van der Waals surface area contributed by atoms with Crippen molar-refractivity contribution in [2.75, 3.05) is 0 Å². The second-order valence-electron chi connectivity index (χ2n) is 2.96. The zero-order chi connectivity index (χ0) is 11.5.